The number of carbonyl (C=O) groups excluding carboxylic acids is 2. The summed E-state index contributed by atoms with van der Waals surface area (Å²) >= 11 is 0. The van der Waals surface area contributed by atoms with E-state index in [1.807, 2.05) is 88.4 Å². The van der Waals surface area contributed by atoms with Crippen LogP contribution in [0, 0.1) is 6.92 Å². The molecule has 0 radical (unpaired) electrons. The van der Waals surface area contributed by atoms with Gasteiger partial charge in [0.2, 0.25) is 11.8 Å². The first kappa shape index (κ1) is 33.3. The Morgan fingerprint density at radius 2 is 1.36 bits per heavy atom. The number of ether oxygens (including phenoxy) is 1. The topological polar surface area (TPSA) is 96.0 Å². The Balaban J connectivity index is 1.67. The fourth-order valence-corrected chi connectivity index (χ4v) is 6.13. The number of amides is 2. The Morgan fingerprint density at radius 3 is 1.93 bits per heavy atom. The van der Waals surface area contributed by atoms with E-state index in [0.717, 1.165) is 15.4 Å². The predicted molar refractivity (Wildman–Crippen MR) is 178 cm³/mol. The zero-order valence-electron chi connectivity index (χ0n) is 26.4. The van der Waals surface area contributed by atoms with E-state index >= 15 is 0 Å². The van der Waals surface area contributed by atoms with Crippen LogP contribution in [0.5, 0.6) is 11.5 Å². The average Bonchev–Trinajstić information content (AvgIpc) is 3.00. The van der Waals surface area contributed by atoms with Gasteiger partial charge in [0.25, 0.3) is 10.0 Å². The van der Waals surface area contributed by atoms with Crippen LogP contribution in [-0.2, 0) is 26.0 Å². The van der Waals surface area contributed by atoms with Crippen LogP contribution >= 0.6 is 0 Å². The standard InChI is InChI=1S/C36H41N3O5S/c1-27-16-22-33(23-17-27)45(42,43)39(30-18-20-32(21-19-30)44-31-14-10-7-11-15-31)26-34(40)38(25-24-29-12-8-6-9-13-29)28(2)35(41)37-36(3,4)5/h6-23,28H,24-26H2,1-5H3,(H,37,41)/t28-/m1/s1. The highest BCUT2D eigenvalue weighted by Gasteiger charge is 2.33. The van der Waals surface area contributed by atoms with E-state index in [1.54, 1.807) is 43.3 Å². The lowest BCUT2D eigenvalue weighted by molar-refractivity contribution is -0.139. The molecule has 4 rings (SSSR count). The van der Waals surface area contributed by atoms with Gasteiger partial charge < -0.3 is 15.0 Å². The van der Waals surface area contributed by atoms with Crippen LogP contribution in [0.4, 0.5) is 5.69 Å². The lowest BCUT2D eigenvalue weighted by Gasteiger charge is -2.33. The van der Waals surface area contributed by atoms with Crippen LogP contribution in [0.15, 0.2) is 114 Å². The molecule has 0 aliphatic heterocycles. The van der Waals surface area contributed by atoms with Gasteiger partial charge in [0.05, 0.1) is 10.6 Å². The molecule has 0 aliphatic carbocycles. The molecule has 4 aromatic rings. The predicted octanol–water partition coefficient (Wildman–Crippen LogP) is 6.36. The maximum atomic E-state index is 14.1. The Bertz CT molecular complexity index is 1670. The number of carbonyl (C=O) groups is 2. The largest absolute Gasteiger partial charge is 0.457 e. The van der Waals surface area contributed by atoms with E-state index in [9.17, 15) is 18.0 Å². The smallest absolute Gasteiger partial charge is 0.264 e. The van der Waals surface area contributed by atoms with Gasteiger partial charge in [-0.25, -0.2) is 8.42 Å². The summed E-state index contributed by atoms with van der Waals surface area (Å²) in [5.74, 6) is 0.337. The molecule has 0 heterocycles. The second-order valence-corrected chi connectivity index (χ2v) is 13.8. The Labute approximate surface area is 266 Å². The molecule has 2 amide bonds. The molecule has 1 N–H and O–H groups in total. The molecule has 4 aromatic carbocycles. The minimum atomic E-state index is -4.17. The number of para-hydroxylation sites is 1. The Morgan fingerprint density at radius 1 is 0.800 bits per heavy atom. The average molecular weight is 628 g/mol. The number of nitrogens with one attached hydrogen (secondary N) is 1. The number of anilines is 1. The van der Waals surface area contributed by atoms with Gasteiger partial charge in [-0.2, -0.15) is 0 Å². The third-order valence-corrected chi connectivity index (χ3v) is 8.93. The zero-order chi connectivity index (χ0) is 32.6. The quantitative estimate of drug-likeness (QED) is 0.197. The number of sulfonamides is 1. The van der Waals surface area contributed by atoms with E-state index < -0.39 is 34.1 Å². The second kappa shape index (κ2) is 14.4. The minimum absolute atomic E-state index is 0.0554. The van der Waals surface area contributed by atoms with Crippen LogP contribution in [0.3, 0.4) is 0 Å². The van der Waals surface area contributed by atoms with E-state index in [0.29, 0.717) is 23.6 Å². The molecule has 45 heavy (non-hydrogen) atoms. The fourth-order valence-electron chi connectivity index (χ4n) is 4.72. The van der Waals surface area contributed by atoms with Crippen LogP contribution in [0.1, 0.15) is 38.8 Å². The van der Waals surface area contributed by atoms with Gasteiger partial charge in [-0.15, -0.1) is 0 Å². The van der Waals surface area contributed by atoms with Gasteiger partial charge in [0, 0.05) is 12.1 Å². The van der Waals surface area contributed by atoms with Crippen molar-refractivity contribution in [2.75, 3.05) is 17.4 Å². The van der Waals surface area contributed by atoms with Crippen LogP contribution in [-0.4, -0.2) is 49.8 Å². The molecule has 8 nitrogen and oxygen atoms in total. The third-order valence-electron chi connectivity index (χ3n) is 7.14. The van der Waals surface area contributed by atoms with Gasteiger partial charge in [0.15, 0.2) is 0 Å². The molecule has 0 fully saturated rings. The molecule has 9 heteroatoms. The number of benzene rings is 4. The van der Waals surface area contributed by atoms with Gasteiger partial charge in [-0.1, -0.05) is 66.2 Å². The molecule has 0 unspecified atom stereocenters. The van der Waals surface area contributed by atoms with Gasteiger partial charge in [-0.05, 0) is 95.1 Å². The SMILES string of the molecule is Cc1ccc(S(=O)(=O)N(CC(=O)N(CCc2ccccc2)[C@H](C)C(=O)NC(C)(C)C)c2ccc(Oc3ccccc3)cc2)cc1. The minimum Gasteiger partial charge on any atom is -0.457 e. The highest BCUT2D eigenvalue weighted by molar-refractivity contribution is 7.92. The molecular formula is C36H41N3O5S. The van der Waals surface area contributed by atoms with Crippen molar-refractivity contribution in [1.82, 2.24) is 10.2 Å². The van der Waals surface area contributed by atoms with E-state index in [2.05, 4.69) is 5.32 Å². The maximum Gasteiger partial charge on any atom is 0.264 e. The molecule has 0 bridgehead atoms. The van der Waals surface area contributed by atoms with Crippen molar-refractivity contribution in [1.29, 1.82) is 0 Å². The first-order valence-corrected chi connectivity index (χ1v) is 16.4. The van der Waals surface area contributed by atoms with Crippen molar-refractivity contribution in [2.45, 2.75) is 57.5 Å². The molecule has 0 spiro atoms. The first-order chi connectivity index (χ1) is 21.3. The van der Waals surface area contributed by atoms with Gasteiger partial charge in [-0.3, -0.25) is 13.9 Å². The second-order valence-electron chi connectivity index (χ2n) is 12.0. The molecule has 0 aliphatic rings. The van der Waals surface area contributed by atoms with E-state index in [1.165, 1.54) is 17.0 Å². The molecule has 1 atom stereocenters. The fraction of sp³-hybridized carbons (Fsp3) is 0.278. The summed E-state index contributed by atoms with van der Waals surface area (Å²) in [7, 11) is -4.17. The highest BCUT2D eigenvalue weighted by atomic mass is 32.2. The summed E-state index contributed by atoms with van der Waals surface area (Å²) in [6.07, 6.45) is 0.496. The summed E-state index contributed by atoms with van der Waals surface area (Å²) in [6, 6.07) is 31.1. The number of hydrogen-bond donors (Lipinski definition) is 1. The van der Waals surface area contributed by atoms with Crippen LogP contribution < -0.4 is 14.4 Å². The lowest BCUT2D eigenvalue weighted by atomic mass is 10.1. The lowest BCUT2D eigenvalue weighted by Crippen LogP contribution is -2.55. The summed E-state index contributed by atoms with van der Waals surface area (Å²) < 4.78 is 35.2. The number of nitrogens with zero attached hydrogens (tertiary/aromatic N) is 2. The third kappa shape index (κ3) is 9.18. The summed E-state index contributed by atoms with van der Waals surface area (Å²) in [5, 5.41) is 2.95. The van der Waals surface area contributed by atoms with Gasteiger partial charge in [0.1, 0.15) is 24.1 Å². The Hall–Kier alpha value is -4.63. The van der Waals surface area contributed by atoms with Crippen molar-refractivity contribution >= 4 is 27.5 Å². The van der Waals surface area contributed by atoms with Crippen molar-refractivity contribution in [2.24, 2.45) is 0 Å². The molecule has 0 saturated carbocycles. The van der Waals surface area contributed by atoms with Crippen LogP contribution in [0.2, 0.25) is 0 Å². The number of hydrogen-bond acceptors (Lipinski definition) is 5. The highest BCUT2D eigenvalue weighted by Crippen LogP contribution is 2.28. The van der Waals surface area contributed by atoms with E-state index in [4.69, 9.17) is 4.74 Å². The van der Waals surface area contributed by atoms with Crippen molar-refractivity contribution in [3.63, 3.8) is 0 Å². The summed E-state index contributed by atoms with van der Waals surface area (Å²) in [4.78, 5) is 28.9. The normalized spacial score (nSPS) is 12.2. The summed E-state index contributed by atoms with van der Waals surface area (Å²) in [5.41, 5.74) is 1.69. The first-order valence-electron chi connectivity index (χ1n) is 14.9. The molecule has 0 saturated heterocycles. The number of aryl methyl sites for hydroxylation is 1. The molecule has 0 aromatic heterocycles. The molecular weight excluding hydrogens is 586 g/mol. The number of rotatable bonds is 12. The van der Waals surface area contributed by atoms with Crippen LogP contribution in [0.25, 0.3) is 0 Å². The van der Waals surface area contributed by atoms with Gasteiger partial charge >= 0.3 is 0 Å². The van der Waals surface area contributed by atoms with Crippen molar-refractivity contribution in [3.05, 3.63) is 120 Å². The Kier molecular flexibility index (Phi) is 10.7. The van der Waals surface area contributed by atoms with Crippen molar-refractivity contribution in [3.8, 4) is 11.5 Å². The molecule has 236 valence electrons. The summed E-state index contributed by atoms with van der Waals surface area (Å²) in [6.45, 7) is 8.87. The van der Waals surface area contributed by atoms with Crippen molar-refractivity contribution < 1.29 is 22.7 Å². The zero-order valence-corrected chi connectivity index (χ0v) is 27.3. The van der Waals surface area contributed by atoms with E-state index in [-0.39, 0.29) is 17.3 Å². The monoisotopic (exact) mass is 627 g/mol. The maximum absolute atomic E-state index is 14.1.